The number of hydrogen-bond donors (Lipinski definition) is 2. The number of carbonyl (C=O) groups excluding carboxylic acids is 1. The molecule has 3 rings (SSSR count). The minimum Gasteiger partial charge on any atom is -0.477 e. The second-order valence-electron chi connectivity index (χ2n) is 4.21. The van der Waals surface area contributed by atoms with E-state index in [1.165, 1.54) is 6.07 Å². The summed E-state index contributed by atoms with van der Waals surface area (Å²) in [6.45, 7) is 1.29. The summed E-state index contributed by atoms with van der Waals surface area (Å²) in [7, 11) is 0. The first-order valence-corrected chi connectivity index (χ1v) is 5.68. The summed E-state index contributed by atoms with van der Waals surface area (Å²) < 4.78 is 1.78. The minimum atomic E-state index is -1.06. The molecule has 2 aromatic heterocycles. The summed E-state index contributed by atoms with van der Waals surface area (Å²) in [6.07, 6.45) is 0.807. The summed E-state index contributed by atoms with van der Waals surface area (Å²) >= 11 is 0. The molecule has 0 radical (unpaired) electrons. The van der Waals surface area contributed by atoms with Gasteiger partial charge in [0, 0.05) is 18.5 Å². The SMILES string of the molecule is O=C(O)c1ccc2cc3n(c2n1)CCCNC3=O. The number of pyridine rings is 1. The average Bonchev–Trinajstić information content (AvgIpc) is 2.62. The molecule has 1 amide bonds. The van der Waals surface area contributed by atoms with E-state index < -0.39 is 5.97 Å². The number of amides is 1. The van der Waals surface area contributed by atoms with Crippen molar-refractivity contribution >= 4 is 22.9 Å². The molecule has 0 fully saturated rings. The van der Waals surface area contributed by atoms with Crippen LogP contribution in [0.25, 0.3) is 11.0 Å². The number of aryl methyl sites for hydroxylation is 1. The molecular formula is C12H11N3O3. The summed E-state index contributed by atoms with van der Waals surface area (Å²) in [5, 5.41) is 12.5. The van der Waals surface area contributed by atoms with Crippen LogP contribution in [0, 0.1) is 0 Å². The molecule has 0 bridgehead atoms. The van der Waals surface area contributed by atoms with Gasteiger partial charge in [0.15, 0.2) is 5.69 Å². The molecule has 6 nitrogen and oxygen atoms in total. The molecule has 3 heterocycles. The monoisotopic (exact) mass is 245 g/mol. The first-order chi connectivity index (χ1) is 8.66. The molecule has 2 aromatic rings. The molecule has 0 atom stereocenters. The van der Waals surface area contributed by atoms with E-state index in [2.05, 4.69) is 10.3 Å². The fraction of sp³-hybridized carbons (Fsp3) is 0.250. The van der Waals surface area contributed by atoms with E-state index in [-0.39, 0.29) is 11.6 Å². The topological polar surface area (TPSA) is 84.2 Å². The minimum absolute atomic E-state index is 0.00643. The quantitative estimate of drug-likeness (QED) is 0.780. The van der Waals surface area contributed by atoms with E-state index in [4.69, 9.17) is 5.11 Å². The van der Waals surface area contributed by atoms with Crippen molar-refractivity contribution in [1.29, 1.82) is 0 Å². The Labute approximate surface area is 102 Å². The van der Waals surface area contributed by atoms with Crippen molar-refractivity contribution in [3.63, 3.8) is 0 Å². The number of carbonyl (C=O) groups is 2. The van der Waals surface area contributed by atoms with Crippen LogP contribution in [0.2, 0.25) is 0 Å². The van der Waals surface area contributed by atoms with E-state index in [0.29, 0.717) is 24.4 Å². The van der Waals surface area contributed by atoms with Crippen molar-refractivity contribution < 1.29 is 14.7 Å². The zero-order chi connectivity index (χ0) is 12.7. The smallest absolute Gasteiger partial charge is 0.354 e. The van der Waals surface area contributed by atoms with Crippen molar-refractivity contribution in [1.82, 2.24) is 14.9 Å². The highest BCUT2D eigenvalue weighted by atomic mass is 16.4. The van der Waals surface area contributed by atoms with Gasteiger partial charge in [-0.2, -0.15) is 0 Å². The van der Waals surface area contributed by atoms with Crippen molar-refractivity contribution in [2.45, 2.75) is 13.0 Å². The van der Waals surface area contributed by atoms with Crippen LogP contribution >= 0.6 is 0 Å². The van der Waals surface area contributed by atoms with Gasteiger partial charge in [0.05, 0.1) is 0 Å². The molecule has 0 saturated carbocycles. The molecule has 0 saturated heterocycles. The number of hydrogen-bond acceptors (Lipinski definition) is 3. The van der Waals surface area contributed by atoms with Crippen molar-refractivity contribution in [3.8, 4) is 0 Å². The number of carboxylic acids is 1. The van der Waals surface area contributed by atoms with Crippen LogP contribution in [-0.2, 0) is 6.54 Å². The molecule has 92 valence electrons. The highest BCUT2D eigenvalue weighted by Crippen LogP contribution is 2.20. The molecule has 18 heavy (non-hydrogen) atoms. The molecule has 6 heteroatoms. The largest absolute Gasteiger partial charge is 0.477 e. The van der Waals surface area contributed by atoms with Gasteiger partial charge < -0.3 is 15.0 Å². The van der Waals surface area contributed by atoms with E-state index >= 15 is 0 Å². The third-order valence-corrected chi connectivity index (χ3v) is 3.04. The van der Waals surface area contributed by atoms with E-state index in [0.717, 1.165) is 11.8 Å². The molecule has 0 spiro atoms. The van der Waals surface area contributed by atoms with E-state index in [1.807, 2.05) is 0 Å². The predicted octanol–water partition coefficient (Wildman–Crippen LogP) is 0.868. The first-order valence-electron chi connectivity index (χ1n) is 5.68. The normalized spacial score (nSPS) is 15.0. The fourth-order valence-corrected chi connectivity index (χ4v) is 2.19. The zero-order valence-corrected chi connectivity index (χ0v) is 9.51. The van der Waals surface area contributed by atoms with Gasteiger partial charge >= 0.3 is 5.97 Å². The lowest BCUT2D eigenvalue weighted by molar-refractivity contribution is 0.0690. The van der Waals surface area contributed by atoms with Crippen LogP contribution in [0.15, 0.2) is 18.2 Å². The Balaban J connectivity index is 2.25. The first kappa shape index (κ1) is 10.8. The maximum absolute atomic E-state index is 11.8. The van der Waals surface area contributed by atoms with Crippen LogP contribution < -0.4 is 5.32 Å². The Hall–Kier alpha value is -2.37. The number of nitrogens with zero attached hydrogens (tertiary/aromatic N) is 2. The van der Waals surface area contributed by atoms with Gasteiger partial charge in [0.2, 0.25) is 0 Å². The Kier molecular flexibility index (Phi) is 2.29. The van der Waals surface area contributed by atoms with E-state index in [1.54, 1.807) is 16.7 Å². The fourth-order valence-electron chi connectivity index (χ4n) is 2.19. The lowest BCUT2D eigenvalue weighted by Crippen LogP contribution is -2.22. The highest BCUT2D eigenvalue weighted by molar-refractivity contribution is 5.99. The van der Waals surface area contributed by atoms with Crippen molar-refractivity contribution in [3.05, 3.63) is 29.6 Å². The third-order valence-electron chi connectivity index (χ3n) is 3.04. The van der Waals surface area contributed by atoms with Crippen LogP contribution in [-0.4, -0.2) is 33.1 Å². The van der Waals surface area contributed by atoms with Gasteiger partial charge in [0.1, 0.15) is 11.3 Å². The Morgan fingerprint density at radius 3 is 3.06 bits per heavy atom. The Bertz CT molecular complexity index is 660. The van der Waals surface area contributed by atoms with Gasteiger partial charge in [-0.25, -0.2) is 9.78 Å². The summed E-state index contributed by atoms with van der Waals surface area (Å²) in [5.41, 5.74) is 1.09. The van der Waals surface area contributed by atoms with E-state index in [9.17, 15) is 9.59 Å². The molecule has 2 N–H and O–H groups in total. The predicted molar refractivity (Wildman–Crippen MR) is 63.6 cm³/mol. The molecular weight excluding hydrogens is 234 g/mol. The summed E-state index contributed by atoms with van der Waals surface area (Å²) in [4.78, 5) is 26.8. The van der Waals surface area contributed by atoms with Crippen molar-refractivity contribution in [2.75, 3.05) is 6.54 Å². The summed E-state index contributed by atoms with van der Waals surface area (Å²) in [6, 6.07) is 4.87. The van der Waals surface area contributed by atoms with Crippen LogP contribution in [0.3, 0.4) is 0 Å². The maximum Gasteiger partial charge on any atom is 0.354 e. The number of aromatic nitrogens is 2. The molecule has 1 aliphatic rings. The number of fused-ring (bicyclic) bond motifs is 3. The third kappa shape index (κ3) is 1.54. The number of carboxylic acid groups (broad SMARTS) is 1. The summed E-state index contributed by atoms with van der Waals surface area (Å²) in [5.74, 6) is -1.20. The lowest BCUT2D eigenvalue weighted by atomic mass is 10.3. The zero-order valence-electron chi connectivity index (χ0n) is 9.51. The average molecular weight is 245 g/mol. The molecule has 0 unspecified atom stereocenters. The Morgan fingerprint density at radius 1 is 1.44 bits per heavy atom. The maximum atomic E-state index is 11.8. The Morgan fingerprint density at radius 2 is 2.28 bits per heavy atom. The second kappa shape index (κ2) is 3.83. The van der Waals surface area contributed by atoms with Gasteiger partial charge in [-0.3, -0.25) is 4.79 Å². The second-order valence-corrected chi connectivity index (χ2v) is 4.21. The molecule has 0 aromatic carbocycles. The van der Waals surface area contributed by atoms with Crippen LogP contribution in [0.1, 0.15) is 27.4 Å². The standard InChI is InChI=1S/C12H11N3O3/c16-11-9-6-7-2-3-8(12(17)18)14-10(7)15(9)5-1-4-13-11/h2-3,6H,1,4-5H2,(H,13,16)(H,17,18). The van der Waals surface area contributed by atoms with Crippen LogP contribution in [0.5, 0.6) is 0 Å². The van der Waals surface area contributed by atoms with Crippen LogP contribution in [0.4, 0.5) is 0 Å². The lowest BCUT2D eigenvalue weighted by Gasteiger charge is -2.03. The molecule has 1 aliphatic heterocycles. The number of nitrogens with one attached hydrogen (secondary N) is 1. The van der Waals surface area contributed by atoms with Gasteiger partial charge in [-0.1, -0.05) is 0 Å². The molecule has 0 aliphatic carbocycles. The van der Waals surface area contributed by atoms with Gasteiger partial charge in [-0.15, -0.1) is 0 Å². The highest BCUT2D eigenvalue weighted by Gasteiger charge is 2.19. The van der Waals surface area contributed by atoms with Crippen molar-refractivity contribution in [2.24, 2.45) is 0 Å². The van der Waals surface area contributed by atoms with Gasteiger partial charge in [-0.05, 0) is 24.6 Å². The number of aromatic carboxylic acids is 1. The number of rotatable bonds is 1. The van der Waals surface area contributed by atoms with Gasteiger partial charge in [0.25, 0.3) is 5.91 Å².